The number of ether oxygens (including phenoxy) is 1. The smallest absolute Gasteiger partial charge is 0.249 e. The molecule has 0 aliphatic carbocycles. The molecule has 1 atom stereocenters. The molecule has 0 saturated carbocycles. The summed E-state index contributed by atoms with van der Waals surface area (Å²) in [6.07, 6.45) is 3.27. The zero-order chi connectivity index (χ0) is 13.1. The lowest BCUT2D eigenvalue weighted by Gasteiger charge is -2.08. The van der Waals surface area contributed by atoms with Crippen LogP contribution in [0, 0.1) is 0 Å². The molecule has 1 aliphatic rings. The van der Waals surface area contributed by atoms with Gasteiger partial charge in [-0.25, -0.2) is 4.68 Å². The van der Waals surface area contributed by atoms with E-state index in [4.69, 9.17) is 4.74 Å². The first-order valence-corrected chi connectivity index (χ1v) is 7.05. The van der Waals surface area contributed by atoms with E-state index in [0.29, 0.717) is 13.2 Å². The third-order valence-corrected chi connectivity index (χ3v) is 3.80. The highest BCUT2D eigenvalue weighted by Crippen LogP contribution is 2.14. The van der Waals surface area contributed by atoms with Gasteiger partial charge in [0.05, 0.1) is 12.7 Å². The maximum absolute atomic E-state index is 11.8. The lowest BCUT2D eigenvalue weighted by atomic mass is 10.2. The van der Waals surface area contributed by atoms with Gasteiger partial charge in [-0.3, -0.25) is 4.79 Å². The molecule has 0 spiro atoms. The summed E-state index contributed by atoms with van der Waals surface area (Å²) in [6.45, 7) is 1.05. The van der Waals surface area contributed by atoms with E-state index in [1.54, 1.807) is 16.0 Å². The summed E-state index contributed by atoms with van der Waals surface area (Å²) < 4.78 is 7.02. The Bertz CT molecular complexity index is 546. The van der Waals surface area contributed by atoms with Gasteiger partial charge in [-0.05, 0) is 30.4 Å². The van der Waals surface area contributed by atoms with Crippen LogP contribution in [0.15, 0.2) is 23.7 Å². The van der Waals surface area contributed by atoms with Crippen LogP contribution in [0.25, 0.3) is 5.00 Å². The molecule has 0 radical (unpaired) electrons. The Morgan fingerprint density at radius 1 is 1.63 bits per heavy atom. The normalized spacial score (nSPS) is 18.6. The van der Waals surface area contributed by atoms with Crippen LogP contribution in [0.2, 0.25) is 0 Å². The molecule has 2 aromatic rings. The molecule has 1 fully saturated rings. The van der Waals surface area contributed by atoms with Gasteiger partial charge in [0.25, 0.3) is 0 Å². The summed E-state index contributed by atoms with van der Waals surface area (Å²) in [5.74, 6) is -0.0665. The van der Waals surface area contributed by atoms with Crippen molar-refractivity contribution >= 4 is 17.2 Å². The second-order valence-electron chi connectivity index (χ2n) is 4.33. The van der Waals surface area contributed by atoms with E-state index in [1.165, 1.54) is 0 Å². The van der Waals surface area contributed by atoms with Gasteiger partial charge in [-0.2, -0.15) is 0 Å². The summed E-state index contributed by atoms with van der Waals surface area (Å²) in [4.78, 5) is 11.8. The van der Waals surface area contributed by atoms with Gasteiger partial charge < -0.3 is 10.1 Å². The zero-order valence-electron chi connectivity index (χ0n) is 10.3. The molecule has 1 saturated heterocycles. The molecule has 2 aromatic heterocycles. The first kappa shape index (κ1) is 12.3. The number of nitrogens with one attached hydrogen (secondary N) is 1. The van der Waals surface area contributed by atoms with Crippen molar-refractivity contribution in [1.29, 1.82) is 0 Å². The number of carbonyl (C=O) groups excluding carboxylic acids is 1. The molecule has 0 aromatic carbocycles. The second-order valence-corrected chi connectivity index (χ2v) is 5.25. The summed E-state index contributed by atoms with van der Waals surface area (Å²) in [7, 11) is 0. The number of hydrogen-bond donors (Lipinski definition) is 1. The Morgan fingerprint density at radius 3 is 3.32 bits per heavy atom. The minimum Gasteiger partial charge on any atom is -0.368 e. The maximum Gasteiger partial charge on any atom is 0.249 e. The first-order valence-electron chi connectivity index (χ1n) is 6.17. The molecular weight excluding hydrogens is 264 g/mol. The first-order chi connectivity index (χ1) is 9.33. The van der Waals surface area contributed by atoms with Crippen LogP contribution in [0.5, 0.6) is 0 Å². The predicted molar refractivity (Wildman–Crippen MR) is 70.1 cm³/mol. The molecule has 3 rings (SSSR count). The van der Waals surface area contributed by atoms with Crippen molar-refractivity contribution in [2.75, 3.05) is 6.61 Å². The maximum atomic E-state index is 11.8. The fourth-order valence-electron chi connectivity index (χ4n) is 1.96. The number of nitrogens with zero attached hydrogens (tertiary/aromatic N) is 3. The van der Waals surface area contributed by atoms with E-state index in [2.05, 4.69) is 15.6 Å². The van der Waals surface area contributed by atoms with Crippen LogP contribution >= 0.6 is 11.3 Å². The van der Waals surface area contributed by atoms with Crippen molar-refractivity contribution in [1.82, 2.24) is 20.3 Å². The molecule has 0 unspecified atom stereocenters. The molecule has 1 amide bonds. The van der Waals surface area contributed by atoms with Crippen LogP contribution in [-0.2, 0) is 16.1 Å². The second kappa shape index (κ2) is 5.50. The summed E-state index contributed by atoms with van der Waals surface area (Å²) in [5.41, 5.74) is 0.736. The minimum absolute atomic E-state index is 0.0665. The molecular formula is C12H14N4O2S. The number of carbonyl (C=O) groups is 1. The molecule has 1 N–H and O–H groups in total. The highest BCUT2D eigenvalue weighted by Gasteiger charge is 2.23. The molecule has 3 heterocycles. The topological polar surface area (TPSA) is 69.0 Å². The molecule has 7 heteroatoms. The van der Waals surface area contributed by atoms with Crippen LogP contribution in [0.1, 0.15) is 18.5 Å². The van der Waals surface area contributed by atoms with Gasteiger partial charge >= 0.3 is 0 Å². The SMILES string of the molecule is O=C(NCc1cn(-c2cccs2)nn1)[C@@H]1CCCO1. The third-order valence-electron chi connectivity index (χ3n) is 2.94. The van der Waals surface area contributed by atoms with Gasteiger partial charge in [0.2, 0.25) is 5.91 Å². The van der Waals surface area contributed by atoms with E-state index in [0.717, 1.165) is 23.5 Å². The molecule has 0 bridgehead atoms. The highest BCUT2D eigenvalue weighted by molar-refractivity contribution is 7.12. The van der Waals surface area contributed by atoms with Gasteiger partial charge in [0, 0.05) is 6.61 Å². The average Bonchev–Trinajstić information content (AvgIpc) is 3.14. The van der Waals surface area contributed by atoms with Crippen LogP contribution in [-0.4, -0.2) is 33.6 Å². The van der Waals surface area contributed by atoms with Crippen LogP contribution < -0.4 is 5.32 Å². The van der Waals surface area contributed by atoms with Crippen molar-refractivity contribution in [2.45, 2.75) is 25.5 Å². The van der Waals surface area contributed by atoms with E-state index >= 15 is 0 Å². The average molecular weight is 278 g/mol. The monoisotopic (exact) mass is 278 g/mol. The number of amides is 1. The highest BCUT2D eigenvalue weighted by atomic mass is 32.1. The van der Waals surface area contributed by atoms with Gasteiger partial charge in [-0.15, -0.1) is 16.4 Å². The van der Waals surface area contributed by atoms with E-state index in [9.17, 15) is 4.79 Å². The fraction of sp³-hybridized carbons (Fsp3) is 0.417. The van der Waals surface area contributed by atoms with Crippen molar-refractivity contribution in [3.63, 3.8) is 0 Å². The fourth-order valence-corrected chi connectivity index (χ4v) is 2.61. The van der Waals surface area contributed by atoms with Crippen LogP contribution in [0.4, 0.5) is 0 Å². The molecule has 19 heavy (non-hydrogen) atoms. The lowest BCUT2D eigenvalue weighted by molar-refractivity contribution is -0.130. The van der Waals surface area contributed by atoms with Crippen molar-refractivity contribution in [3.05, 3.63) is 29.4 Å². The van der Waals surface area contributed by atoms with E-state index in [1.807, 2.05) is 23.7 Å². The molecule has 6 nitrogen and oxygen atoms in total. The number of hydrogen-bond acceptors (Lipinski definition) is 5. The summed E-state index contributed by atoms with van der Waals surface area (Å²) in [6, 6.07) is 3.93. The van der Waals surface area contributed by atoms with Crippen molar-refractivity contribution < 1.29 is 9.53 Å². The lowest BCUT2D eigenvalue weighted by Crippen LogP contribution is -2.33. The van der Waals surface area contributed by atoms with Gasteiger partial charge in [0.15, 0.2) is 0 Å². The number of rotatable bonds is 4. The van der Waals surface area contributed by atoms with Crippen LogP contribution in [0.3, 0.4) is 0 Å². The Labute approximate surface area is 114 Å². The van der Waals surface area contributed by atoms with Gasteiger partial charge in [-0.1, -0.05) is 5.21 Å². The minimum atomic E-state index is -0.299. The quantitative estimate of drug-likeness (QED) is 0.910. The number of aromatic nitrogens is 3. The third kappa shape index (κ3) is 2.82. The van der Waals surface area contributed by atoms with Crippen molar-refractivity contribution in [3.8, 4) is 5.00 Å². The number of thiophene rings is 1. The Hall–Kier alpha value is -1.73. The zero-order valence-corrected chi connectivity index (χ0v) is 11.1. The van der Waals surface area contributed by atoms with Gasteiger partial charge in [0.1, 0.15) is 16.8 Å². The molecule has 1 aliphatic heterocycles. The Morgan fingerprint density at radius 2 is 2.58 bits per heavy atom. The standard InChI is InChI=1S/C12H14N4O2S/c17-12(10-3-1-5-18-10)13-7-9-8-16(15-14-9)11-4-2-6-19-11/h2,4,6,8,10H,1,3,5,7H2,(H,13,17)/t10-/m0/s1. The Balaban J connectivity index is 1.57. The largest absolute Gasteiger partial charge is 0.368 e. The van der Waals surface area contributed by atoms with E-state index < -0.39 is 0 Å². The van der Waals surface area contributed by atoms with Crippen molar-refractivity contribution in [2.24, 2.45) is 0 Å². The predicted octanol–water partition coefficient (Wildman–Crippen LogP) is 1.12. The summed E-state index contributed by atoms with van der Waals surface area (Å²) >= 11 is 1.59. The molecule has 100 valence electrons. The Kier molecular flexibility index (Phi) is 3.56. The van der Waals surface area contributed by atoms with E-state index in [-0.39, 0.29) is 12.0 Å². The summed E-state index contributed by atoms with van der Waals surface area (Å²) in [5, 5.41) is 13.9.